The van der Waals surface area contributed by atoms with Gasteiger partial charge in [-0.3, -0.25) is 14.4 Å². The Morgan fingerprint density at radius 2 is 2.50 bits per heavy atom. The smallest absolute Gasteiger partial charge is 0.320 e. The maximum absolute atomic E-state index is 11.0. The molecule has 1 unspecified atom stereocenters. The van der Waals surface area contributed by atoms with Gasteiger partial charge in [0, 0.05) is 24.8 Å². The molecule has 2 heterocycles. The highest BCUT2D eigenvalue weighted by Crippen LogP contribution is 2.19. The number of carbonyl (C=O) groups is 1. The van der Waals surface area contributed by atoms with E-state index in [1.54, 1.807) is 0 Å². The first-order valence-electron chi connectivity index (χ1n) is 5.69. The number of aryl methyl sites for hydroxylation is 1. The van der Waals surface area contributed by atoms with E-state index < -0.39 is 5.97 Å². The molecule has 2 rings (SSSR count). The zero-order valence-electron chi connectivity index (χ0n) is 9.46. The lowest BCUT2D eigenvalue weighted by Gasteiger charge is -2.19. The van der Waals surface area contributed by atoms with Gasteiger partial charge in [0.2, 0.25) is 0 Å². The topological polar surface area (TPSA) is 58.4 Å². The number of carboxylic acid groups (broad SMARTS) is 1. The van der Waals surface area contributed by atoms with Gasteiger partial charge in [-0.25, -0.2) is 0 Å². The van der Waals surface area contributed by atoms with Gasteiger partial charge in [0.25, 0.3) is 0 Å². The second kappa shape index (κ2) is 4.65. The van der Waals surface area contributed by atoms with Crippen LogP contribution < -0.4 is 0 Å². The van der Waals surface area contributed by atoms with Gasteiger partial charge in [0.05, 0.1) is 6.20 Å². The summed E-state index contributed by atoms with van der Waals surface area (Å²) in [6.45, 7) is 4.44. The van der Waals surface area contributed by atoms with Crippen LogP contribution >= 0.6 is 0 Å². The molecular formula is C11H17N3O2. The molecule has 1 aliphatic heterocycles. The Morgan fingerprint density at radius 3 is 3.12 bits per heavy atom. The number of nitrogens with zero attached hydrogens (tertiary/aromatic N) is 3. The van der Waals surface area contributed by atoms with Crippen LogP contribution in [0.3, 0.4) is 0 Å². The highest BCUT2D eigenvalue weighted by Gasteiger charge is 2.30. The predicted molar refractivity (Wildman–Crippen MR) is 59.0 cm³/mol. The number of rotatable bonds is 4. The Kier molecular flexibility index (Phi) is 3.24. The monoisotopic (exact) mass is 223 g/mol. The van der Waals surface area contributed by atoms with E-state index in [0.717, 1.165) is 31.5 Å². The normalized spacial score (nSPS) is 21.4. The van der Waals surface area contributed by atoms with Crippen LogP contribution in [-0.4, -0.2) is 38.3 Å². The molecule has 0 amide bonds. The average molecular weight is 223 g/mol. The van der Waals surface area contributed by atoms with Crippen LogP contribution in [0.25, 0.3) is 0 Å². The molecule has 1 fully saturated rings. The Hall–Kier alpha value is -1.36. The molecule has 1 aromatic rings. The second-order valence-corrected chi connectivity index (χ2v) is 4.17. The van der Waals surface area contributed by atoms with Crippen molar-refractivity contribution in [2.24, 2.45) is 0 Å². The lowest BCUT2D eigenvalue weighted by Crippen LogP contribution is -2.35. The first-order valence-corrected chi connectivity index (χ1v) is 5.69. The van der Waals surface area contributed by atoms with E-state index in [0.29, 0.717) is 6.54 Å². The molecular weight excluding hydrogens is 206 g/mol. The summed E-state index contributed by atoms with van der Waals surface area (Å²) in [5, 5.41) is 13.2. The first-order chi connectivity index (χ1) is 7.70. The van der Waals surface area contributed by atoms with Crippen LogP contribution in [0.4, 0.5) is 0 Å². The van der Waals surface area contributed by atoms with E-state index in [4.69, 9.17) is 5.11 Å². The quantitative estimate of drug-likeness (QED) is 0.825. The zero-order chi connectivity index (χ0) is 11.5. The zero-order valence-corrected chi connectivity index (χ0v) is 9.46. The Labute approximate surface area is 94.7 Å². The summed E-state index contributed by atoms with van der Waals surface area (Å²) in [6.07, 6.45) is 5.54. The van der Waals surface area contributed by atoms with E-state index in [9.17, 15) is 4.79 Å². The van der Waals surface area contributed by atoms with Crippen LogP contribution in [0.1, 0.15) is 25.3 Å². The van der Waals surface area contributed by atoms with Crippen LogP contribution in [0.2, 0.25) is 0 Å². The first kappa shape index (κ1) is 11.1. The predicted octanol–water partition coefficient (Wildman–Crippen LogP) is 0.952. The number of hydrogen-bond acceptors (Lipinski definition) is 3. The van der Waals surface area contributed by atoms with Crippen LogP contribution in [0.15, 0.2) is 12.4 Å². The van der Waals surface area contributed by atoms with Gasteiger partial charge in [-0.2, -0.15) is 5.10 Å². The van der Waals surface area contributed by atoms with Crippen molar-refractivity contribution in [3.05, 3.63) is 18.0 Å². The Morgan fingerprint density at radius 1 is 1.69 bits per heavy atom. The minimum Gasteiger partial charge on any atom is -0.480 e. The average Bonchev–Trinajstić information content (AvgIpc) is 2.87. The molecule has 0 spiro atoms. The maximum atomic E-state index is 11.0. The molecule has 1 atom stereocenters. The van der Waals surface area contributed by atoms with Gasteiger partial charge in [-0.1, -0.05) is 0 Å². The van der Waals surface area contributed by atoms with E-state index in [2.05, 4.69) is 5.10 Å². The van der Waals surface area contributed by atoms with Gasteiger partial charge in [-0.15, -0.1) is 0 Å². The van der Waals surface area contributed by atoms with Gasteiger partial charge >= 0.3 is 5.97 Å². The van der Waals surface area contributed by atoms with E-state index in [1.807, 2.05) is 28.9 Å². The molecule has 1 aromatic heterocycles. The second-order valence-electron chi connectivity index (χ2n) is 4.17. The van der Waals surface area contributed by atoms with Crippen molar-refractivity contribution >= 4 is 5.97 Å². The third-order valence-corrected chi connectivity index (χ3v) is 3.05. The van der Waals surface area contributed by atoms with E-state index >= 15 is 0 Å². The number of hydrogen-bond donors (Lipinski definition) is 1. The van der Waals surface area contributed by atoms with Gasteiger partial charge in [-0.05, 0) is 26.3 Å². The number of aliphatic carboxylic acids is 1. The van der Waals surface area contributed by atoms with Crippen molar-refractivity contribution in [1.82, 2.24) is 14.7 Å². The van der Waals surface area contributed by atoms with Crippen molar-refractivity contribution in [2.75, 3.05) is 6.54 Å². The lowest BCUT2D eigenvalue weighted by molar-refractivity contribution is -0.142. The molecule has 88 valence electrons. The fraction of sp³-hybridized carbons (Fsp3) is 0.636. The van der Waals surface area contributed by atoms with Crippen LogP contribution in [-0.2, 0) is 17.9 Å². The van der Waals surface area contributed by atoms with E-state index in [-0.39, 0.29) is 6.04 Å². The minimum absolute atomic E-state index is 0.315. The summed E-state index contributed by atoms with van der Waals surface area (Å²) in [7, 11) is 0. The van der Waals surface area contributed by atoms with Crippen molar-refractivity contribution in [1.29, 1.82) is 0 Å². The lowest BCUT2D eigenvalue weighted by atomic mass is 10.2. The minimum atomic E-state index is -0.708. The largest absolute Gasteiger partial charge is 0.480 e. The van der Waals surface area contributed by atoms with Crippen molar-refractivity contribution in [2.45, 2.75) is 38.9 Å². The summed E-state index contributed by atoms with van der Waals surface area (Å²) >= 11 is 0. The Bertz CT molecular complexity index is 375. The van der Waals surface area contributed by atoms with Gasteiger partial charge < -0.3 is 5.11 Å². The van der Waals surface area contributed by atoms with E-state index in [1.165, 1.54) is 0 Å². The summed E-state index contributed by atoms with van der Waals surface area (Å²) in [4.78, 5) is 13.0. The highest BCUT2D eigenvalue weighted by atomic mass is 16.4. The number of likely N-dealkylation sites (tertiary alicyclic amines) is 1. The van der Waals surface area contributed by atoms with Crippen LogP contribution in [0.5, 0.6) is 0 Å². The number of aromatic nitrogens is 2. The third kappa shape index (κ3) is 2.24. The molecule has 0 aliphatic carbocycles. The molecule has 0 bridgehead atoms. The molecule has 0 aromatic carbocycles. The summed E-state index contributed by atoms with van der Waals surface area (Å²) < 4.78 is 1.86. The molecule has 0 saturated carbocycles. The SMILES string of the molecule is CCn1cc(CN2CCCC2C(=O)O)cn1. The van der Waals surface area contributed by atoms with Gasteiger partial charge in [0.15, 0.2) is 0 Å². The molecule has 1 aliphatic rings. The van der Waals surface area contributed by atoms with Crippen molar-refractivity contribution in [3.8, 4) is 0 Å². The summed E-state index contributed by atoms with van der Waals surface area (Å²) in [6, 6.07) is -0.315. The molecule has 5 heteroatoms. The van der Waals surface area contributed by atoms with Crippen molar-refractivity contribution in [3.63, 3.8) is 0 Å². The number of carboxylic acids is 1. The summed E-state index contributed by atoms with van der Waals surface area (Å²) in [5.74, 6) is -0.708. The molecule has 16 heavy (non-hydrogen) atoms. The van der Waals surface area contributed by atoms with Crippen LogP contribution in [0, 0.1) is 0 Å². The molecule has 5 nitrogen and oxygen atoms in total. The third-order valence-electron chi connectivity index (χ3n) is 3.05. The highest BCUT2D eigenvalue weighted by molar-refractivity contribution is 5.73. The van der Waals surface area contributed by atoms with Crippen molar-refractivity contribution < 1.29 is 9.90 Å². The molecule has 1 saturated heterocycles. The fourth-order valence-corrected chi connectivity index (χ4v) is 2.19. The molecule has 1 N–H and O–H groups in total. The summed E-state index contributed by atoms with van der Waals surface area (Å²) in [5.41, 5.74) is 1.09. The molecule has 0 radical (unpaired) electrons. The van der Waals surface area contributed by atoms with Gasteiger partial charge in [0.1, 0.15) is 6.04 Å². The standard InChI is InChI=1S/C11H17N3O2/c1-2-14-8-9(6-12-14)7-13-5-3-4-10(13)11(15)16/h6,8,10H,2-5,7H2,1H3,(H,15,16). The Balaban J connectivity index is 2.00. The fourth-order valence-electron chi connectivity index (χ4n) is 2.19. The maximum Gasteiger partial charge on any atom is 0.320 e.